The molecule has 4 rings (SSSR count). The zero-order valence-electron chi connectivity index (χ0n) is 13.9. The topological polar surface area (TPSA) is 42.0 Å². The molecule has 2 aromatic rings. The standard InChI is InChI=1S/C19H19FN2O3/c1-13(25-15-7-5-14(20)6-8-15)19(23)22-10-9-21-11-12-24-17-4-2-3-16(22)18(17)21/h2-8,13H,9-12H2,1H3/t13-/m0/s1. The van der Waals surface area contributed by atoms with Gasteiger partial charge in [-0.2, -0.15) is 0 Å². The zero-order chi connectivity index (χ0) is 17.4. The third kappa shape index (κ3) is 2.88. The molecule has 0 saturated heterocycles. The van der Waals surface area contributed by atoms with Crippen LogP contribution in [0.3, 0.4) is 0 Å². The first-order valence-corrected chi connectivity index (χ1v) is 8.38. The second-order valence-electron chi connectivity index (χ2n) is 6.16. The van der Waals surface area contributed by atoms with Gasteiger partial charge in [0.05, 0.1) is 12.2 Å². The number of ether oxygens (including phenoxy) is 2. The smallest absolute Gasteiger partial charge is 0.267 e. The van der Waals surface area contributed by atoms with Crippen molar-refractivity contribution in [1.82, 2.24) is 0 Å². The van der Waals surface area contributed by atoms with Crippen molar-refractivity contribution in [3.8, 4) is 11.5 Å². The van der Waals surface area contributed by atoms with Crippen molar-refractivity contribution >= 4 is 17.3 Å². The monoisotopic (exact) mass is 342 g/mol. The molecule has 130 valence electrons. The number of hydrogen-bond donors (Lipinski definition) is 0. The van der Waals surface area contributed by atoms with E-state index < -0.39 is 6.10 Å². The van der Waals surface area contributed by atoms with Gasteiger partial charge in [-0.3, -0.25) is 4.79 Å². The Labute approximate surface area is 145 Å². The highest BCUT2D eigenvalue weighted by molar-refractivity contribution is 6.01. The van der Waals surface area contributed by atoms with Gasteiger partial charge in [0.15, 0.2) is 6.10 Å². The minimum Gasteiger partial charge on any atom is -0.489 e. The number of hydrogen-bond acceptors (Lipinski definition) is 4. The SMILES string of the molecule is C[C@H](Oc1ccc(F)cc1)C(=O)N1CCN2CCOc3cccc1c32. The molecule has 25 heavy (non-hydrogen) atoms. The number of benzene rings is 2. The van der Waals surface area contributed by atoms with Crippen LogP contribution in [-0.2, 0) is 4.79 Å². The summed E-state index contributed by atoms with van der Waals surface area (Å²) in [4.78, 5) is 16.9. The van der Waals surface area contributed by atoms with E-state index in [1.807, 2.05) is 18.2 Å². The van der Waals surface area contributed by atoms with E-state index in [9.17, 15) is 9.18 Å². The second kappa shape index (κ2) is 6.27. The molecule has 6 heteroatoms. The van der Waals surface area contributed by atoms with Gasteiger partial charge in [0, 0.05) is 13.1 Å². The summed E-state index contributed by atoms with van der Waals surface area (Å²) in [7, 11) is 0. The molecule has 0 spiro atoms. The van der Waals surface area contributed by atoms with Crippen LogP contribution >= 0.6 is 0 Å². The van der Waals surface area contributed by atoms with Crippen LogP contribution in [0.25, 0.3) is 0 Å². The Morgan fingerprint density at radius 3 is 2.76 bits per heavy atom. The van der Waals surface area contributed by atoms with Crippen molar-refractivity contribution < 1.29 is 18.7 Å². The highest BCUT2D eigenvalue weighted by Crippen LogP contribution is 2.42. The Bertz CT molecular complexity index is 794. The predicted molar refractivity (Wildman–Crippen MR) is 93.0 cm³/mol. The lowest BCUT2D eigenvalue weighted by Crippen LogP contribution is -2.50. The number of para-hydroxylation sites is 1. The van der Waals surface area contributed by atoms with E-state index >= 15 is 0 Å². The van der Waals surface area contributed by atoms with E-state index in [1.54, 1.807) is 11.8 Å². The molecule has 0 unspecified atom stereocenters. The molecule has 0 bridgehead atoms. The Hall–Kier alpha value is -2.76. The van der Waals surface area contributed by atoms with E-state index in [1.165, 1.54) is 24.3 Å². The van der Waals surface area contributed by atoms with Gasteiger partial charge in [0.1, 0.15) is 29.6 Å². The fourth-order valence-corrected chi connectivity index (χ4v) is 3.32. The highest BCUT2D eigenvalue weighted by Gasteiger charge is 2.33. The molecule has 5 nitrogen and oxygen atoms in total. The van der Waals surface area contributed by atoms with Crippen LogP contribution < -0.4 is 19.3 Å². The summed E-state index contributed by atoms with van der Waals surface area (Å²) in [6, 6.07) is 11.4. The Kier molecular flexibility index (Phi) is 3.95. The molecule has 0 aliphatic carbocycles. The molecular formula is C19H19FN2O3. The molecule has 2 aliphatic rings. The van der Waals surface area contributed by atoms with Crippen molar-refractivity contribution in [1.29, 1.82) is 0 Å². The summed E-state index contributed by atoms with van der Waals surface area (Å²) in [5.74, 6) is 0.828. The normalized spacial score (nSPS) is 16.7. The molecule has 0 saturated carbocycles. The van der Waals surface area contributed by atoms with E-state index in [0.717, 1.165) is 30.2 Å². The van der Waals surface area contributed by atoms with Crippen molar-refractivity contribution in [2.24, 2.45) is 0 Å². The lowest BCUT2D eigenvalue weighted by atomic mass is 10.1. The van der Waals surface area contributed by atoms with Gasteiger partial charge in [0.2, 0.25) is 0 Å². The van der Waals surface area contributed by atoms with Crippen LogP contribution in [0.4, 0.5) is 15.8 Å². The summed E-state index contributed by atoms with van der Waals surface area (Å²) < 4.78 is 24.4. The third-order valence-electron chi connectivity index (χ3n) is 4.54. The molecule has 0 aromatic heterocycles. The van der Waals surface area contributed by atoms with Gasteiger partial charge in [0.25, 0.3) is 5.91 Å². The van der Waals surface area contributed by atoms with E-state index in [2.05, 4.69) is 4.90 Å². The van der Waals surface area contributed by atoms with Crippen LogP contribution in [-0.4, -0.2) is 38.3 Å². The Balaban J connectivity index is 1.57. The van der Waals surface area contributed by atoms with Crippen LogP contribution in [0, 0.1) is 5.82 Å². The number of halogens is 1. The minimum absolute atomic E-state index is 0.122. The molecular weight excluding hydrogens is 323 g/mol. The van der Waals surface area contributed by atoms with Crippen LogP contribution in [0.2, 0.25) is 0 Å². The van der Waals surface area contributed by atoms with E-state index in [-0.39, 0.29) is 11.7 Å². The summed E-state index contributed by atoms with van der Waals surface area (Å²) in [5, 5.41) is 0. The molecule has 2 aliphatic heterocycles. The number of carbonyl (C=O) groups is 1. The average molecular weight is 342 g/mol. The lowest BCUT2D eigenvalue weighted by Gasteiger charge is -2.41. The maximum Gasteiger partial charge on any atom is 0.267 e. The van der Waals surface area contributed by atoms with Crippen molar-refractivity contribution in [2.75, 3.05) is 36.0 Å². The van der Waals surface area contributed by atoms with Crippen molar-refractivity contribution in [3.63, 3.8) is 0 Å². The first kappa shape index (κ1) is 15.7. The van der Waals surface area contributed by atoms with Gasteiger partial charge < -0.3 is 19.3 Å². The van der Waals surface area contributed by atoms with E-state index in [4.69, 9.17) is 9.47 Å². The largest absolute Gasteiger partial charge is 0.489 e. The van der Waals surface area contributed by atoms with E-state index in [0.29, 0.717) is 18.9 Å². The molecule has 2 heterocycles. The summed E-state index contributed by atoms with van der Waals surface area (Å²) in [5.41, 5.74) is 1.82. The number of anilines is 2. The number of rotatable bonds is 3. The van der Waals surface area contributed by atoms with Crippen molar-refractivity contribution in [2.45, 2.75) is 13.0 Å². The number of amides is 1. The van der Waals surface area contributed by atoms with Gasteiger partial charge in [-0.1, -0.05) is 6.07 Å². The first-order valence-electron chi connectivity index (χ1n) is 8.38. The fourth-order valence-electron chi connectivity index (χ4n) is 3.32. The molecule has 1 amide bonds. The fraction of sp³-hybridized carbons (Fsp3) is 0.316. The quantitative estimate of drug-likeness (QED) is 0.860. The maximum atomic E-state index is 13.0. The molecule has 1 atom stereocenters. The Morgan fingerprint density at radius 1 is 1.16 bits per heavy atom. The van der Waals surface area contributed by atoms with Gasteiger partial charge >= 0.3 is 0 Å². The maximum absolute atomic E-state index is 13.0. The lowest BCUT2D eigenvalue weighted by molar-refractivity contribution is -0.124. The van der Waals surface area contributed by atoms with Gasteiger partial charge in [-0.25, -0.2) is 4.39 Å². The highest BCUT2D eigenvalue weighted by atomic mass is 19.1. The first-order chi connectivity index (χ1) is 12.1. The van der Waals surface area contributed by atoms with Crippen LogP contribution in [0.1, 0.15) is 6.92 Å². The molecule has 0 radical (unpaired) electrons. The average Bonchev–Trinajstić information content (AvgIpc) is 2.64. The third-order valence-corrected chi connectivity index (χ3v) is 4.54. The van der Waals surface area contributed by atoms with Crippen molar-refractivity contribution in [3.05, 3.63) is 48.3 Å². The van der Waals surface area contributed by atoms with Gasteiger partial charge in [-0.05, 0) is 43.3 Å². The number of nitrogens with zero attached hydrogens (tertiary/aromatic N) is 2. The molecule has 2 aromatic carbocycles. The summed E-state index contributed by atoms with van der Waals surface area (Å²) >= 11 is 0. The predicted octanol–water partition coefficient (Wildman–Crippen LogP) is 2.84. The summed E-state index contributed by atoms with van der Waals surface area (Å²) in [6.07, 6.45) is -0.669. The zero-order valence-corrected chi connectivity index (χ0v) is 13.9. The molecule has 0 N–H and O–H groups in total. The molecule has 0 fully saturated rings. The number of carbonyl (C=O) groups excluding carboxylic acids is 1. The Morgan fingerprint density at radius 2 is 1.96 bits per heavy atom. The van der Waals surface area contributed by atoms with Crippen LogP contribution in [0.5, 0.6) is 11.5 Å². The minimum atomic E-state index is -0.669. The van der Waals surface area contributed by atoms with Gasteiger partial charge in [-0.15, -0.1) is 0 Å². The summed E-state index contributed by atoms with van der Waals surface area (Å²) in [6.45, 7) is 4.57. The van der Waals surface area contributed by atoms with Crippen LogP contribution in [0.15, 0.2) is 42.5 Å². The second-order valence-corrected chi connectivity index (χ2v) is 6.16.